The fourth-order valence-electron chi connectivity index (χ4n) is 6.09. The number of rotatable bonds is 16. The largest absolute Gasteiger partial charge is 0.375 e. The van der Waals surface area contributed by atoms with Gasteiger partial charge in [0.15, 0.2) is 0 Å². The molecule has 1 amide bonds. The van der Waals surface area contributed by atoms with Gasteiger partial charge in [-0.2, -0.15) is 0 Å². The summed E-state index contributed by atoms with van der Waals surface area (Å²) in [5.41, 5.74) is 11.1. The SMILES string of the molecule is C=C(N(CCC(C)C)CCC(C)C)C(C)(C)c1ccc2nc(Nc3ccc(C(N)=O)cc3)n(CCCN3CCCCC3)c2c1. The molecule has 1 fully saturated rings. The molecule has 0 spiro atoms. The Morgan fingerprint density at radius 3 is 2.20 bits per heavy atom. The monoisotopic (exact) mass is 600 g/mol. The van der Waals surface area contributed by atoms with Crippen LogP contribution in [0.3, 0.4) is 0 Å². The summed E-state index contributed by atoms with van der Waals surface area (Å²) in [6.45, 7) is 24.9. The first kappa shape index (κ1) is 33.6. The van der Waals surface area contributed by atoms with Crippen LogP contribution in [0.2, 0.25) is 0 Å². The highest BCUT2D eigenvalue weighted by Crippen LogP contribution is 2.36. The number of aryl methyl sites for hydroxylation is 1. The first-order chi connectivity index (χ1) is 21.0. The molecule has 0 bridgehead atoms. The second-order valence-electron chi connectivity index (χ2n) is 14.0. The number of hydrogen-bond donors (Lipinski definition) is 2. The zero-order valence-corrected chi connectivity index (χ0v) is 28.2. The van der Waals surface area contributed by atoms with E-state index in [2.05, 4.69) is 79.4 Å². The van der Waals surface area contributed by atoms with Crippen molar-refractivity contribution < 1.29 is 4.79 Å². The molecule has 1 aliphatic heterocycles. The molecule has 4 rings (SSSR count). The van der Waals surface area contributed by atoms with E-state index in [4.69, 9.17) is 17.3 Å². The van der Waals surface area contributed by atoms with Crippen molar-refractivity contribution in [2.45, 2.75) is 92.0 Å². The number of nitrogens with one attached hydrogen (secondary N) is 1. The lowest BCUT2D eigenvalue weighted by atomic mass is 9.80. The van der Waals surface area contributed by atoms with E-state index in [0.29, 0.717) is 17.4 Å². The Hall–Kier alpha value is -3.32. The van der Waals surface area contributed by atoms with Crippen LogP contribution in [0.5, 0.6) is 0 Å². The highest BCUT2D eigenvalue weighted by atomic mass is 16.1. The Morgan fingerprint density at radius 1 is 0.977 bits per heavy atom. The molecular weight excluding hydrogens is 544 g/mol. The zero-order chi connectivity index (χ0) is 31.9. The van der Waals surface area contributed by atoms with Crippen molar-refractivity contribution >= 4 is 28.6 Å². The van der Waals surface area contributed by atoms with E-state index in [1.807, 2.05) is 12.1 Å². The van der Waals surface area contributed by atoms with Crippen LogP contribution < -0.4 is 11.1 Å². The van der Waals surface area contributed by atoms with Crippen LogP contribution in [0.1, 0.15) is 96.0 Å². The molecule has 240 valence electrons. The number of carbonyl (C=O) groups is 1. The third kappa shape index (κ3) is 8.65. The summed E-state index contributed by atoms with van der Waals surface area (Å²) in [5, 5.41) is 3.53. The van der Waals surface area contributed by atoms with Crippen molar-refractivity contribution in [3.63, 3.8) is 0 Å². The molecule has 3 aromatic rings. The molecule has 0 unspecified atom stereocenters. The van der Waals surface area contributed by atoms with Crippen LogP contribution in [-0.4, -0.2) is 58.0 Å². The summed E-state index contributed by atoms with van der Waals surface area (Å²) >= 11 is 0. The topological polar surface area (TPSA) is 79.4 Å². The molecule has 1 aromatic heterocycles. The molecule has 0 atom stereocenters. The van der Waals surface area contributed by atoms with E-state index >= 15 is 0 Å². The van der Waals surface area contributed by atoms with Crippen molar-refractivity contribution in [2.24, 2.45) is 17.6 Å². The average Bonchev–Trinajstić information content (AvgIpc) is 3.33. The van der Waals surface area contributed by atoms with Gasteiger partial charge in [-0.25, -0.2) is 4.98 Å². The number of fused-ring (bicyclic) bond motifs is 1. The van der Waals surface area contributed by atoms with E-state index in [1.165, 1.54) is 43.6 Å². The highest BCUT2D eigenvalue weighted by molar-refractivity contribution is 5.93. The minimum absolute atomic E-state index is 0.233. The number of amides is 1. The second kappa shape index (κ2) is 15.1. The van der Waals surface area contributed by atoms with Gasteiger partial charge in [-0.1, -0.05) is 60.6 Å². The number of allylic oxidation sites excluding steroid dienone is 1. The van der Waals surface area contributed by atoms with Crippen LogP contribution in [0.4, 0.5) is 11.6 Å². The van der Waals surface area contributed by atoms with Crippen molar-refractivity contribution in [1.82, 2.24) is 19.4 Å². The number of benzene rings is 2. The zero-order valence-electron chi connectivity index (χ0n) is 28.2. The molecular formula is C37H56N6O. The molecule has 1 saturated heterocycles. The van der Waals surface area contributed by atoms with Gasteiger partial charge < -0.3 is 25.4 Å². The number of likely N-dealkylation sites (tertiary alicyclic amines) is 1. The average molecular weight is 601 g/mol. The molecule has 2 heterocycles. The van der Waals surface area contributed by atoms with E-state index in [9.17, 15) is 4.79 Å². The normalized spacial score (nSPS) is 14.5. The lowest BCUT2D eigenvalue weighted by Gasteiger charge is -2.38. The summed E-state index contributed by atoms with van der Waals surface area (Å²) in [7, 11) is 0. The summed E-state index contributed by atoms with van der Waals surface area (Å²) < 4.78 is 2.33. The lowest BCUT2D eigenvalue weighted by molar-refractivity contribution is 0.100. The van der Waals surface area contributed by atoms with Crippen LogP contribution >= 0.6 is 0 Å². The van der Waals surface area contributed by atoms with Crippen molar-refractivity contribution in [2.75, 3.05) is 38.0 Å². The fraction of sp³-hybridized carbons (Fsp3) is 0.568. The van der Waals surface area contributed by atoms with Gasteiger partial charge in [-0.3, -0.25) is 4.79 Å². The minimum atomic E-state index is -0.426. The van der Waals surface area contributed by atoms with Crippen LogP contribution in [0.15, 0.2) is 54.7 Å². The van der Waals surface area contributed by atoms with Crippen LogP contribution in [0, 0.1) is 11.8 Å². The summed E-state index contributed by atoms with van der Waals surface area (Å²) in [6.07, 6.45) is 7.32. The molecule has 1 aliphatic rings. The van der Waals surface area contributed by atoms with Crippen LogP contribution in [0.25, 0.3) is 11.0 Å². The number of imidazole rings is 1. The Labute approximate surface area is 265 Å². The molecule has 7 nitrogen and oxygen atoms in total. The van der Waals surface area contributed by atoms with Gasteiger partial charge in [-0.05, 0) is 106 Å². The lowest BCUT2D eigenvalue weighted by Crippen LogP contribution is -2.36. The van der Waals surface area contributed by atoms with Gasteiger partial charge in [0, 0.05) is 42.0 Å². The van der Waals surface area contributed by atoms with Crippen molar-refractivity contribution in [3.8, 4) is 0 Å². The van der Waals surface area contributed by atoms with Gasteiger partial charge in [0.25, 0.3) is 0 Å². The van der Waals surface area contributed by atoms with Gasteiger partial charge in [-0.15, -0.1) is 0 Å². The summed E-state index contributed by atoms with van der Waals surface area (Å²) in [4.78, 5) is 21.8. The van der Waals surface area contributed by atoms with Crippen LogP contribution in [-0.2, 0) is 12.0 Å². The van der Waals surface area contributed by atoms with E-state index in [0.717, 1.165) is 68.1 Å². The summed E-state index contributed by atoms with van der Waals surface area (Å²) in [5.74, 6) is 1.70. The standard InChI is InChI=1S/C37H56N6O/c1-27(2)18-24-42(25-19-28(3)4)29(5)37(6,7)31-14-17-33-34(26-31)43(23-11-22-41-20-9-8-10-21-41)36(40-33)39-32-15-12-30(13-16-32)35(38)44/h12-17,26-28H,5,8-11,18-25H2,1-4,6-7H3,(H2,38,44)(H,39,40). The number of carbonyl (C=O) groups excluding carboxylic acids is 1. The molecule has 44 heavy (non-hydrogen) atoms. The smallest absolute Gasteiger partial charge is 0.248 e. The predicted molar refractivity (Wildman–Crippen MR) is 186 cm³/mol. The van der Waals surface area contributed by atoms with Gasteiger partial charge in [0.1, 0.15) is 0 Å². The first-order valence-electron chi connectivity index (χ1n) is 16.8. The maximum absolute atomic E-state index is 11.6. The van der Waals surface area contributed by atoms with Crippen molar-refractivity contribution in [1.29, 1.82) is 0 Å². The third-order valence-corrected chi connectivity index (χ3v) is 9.26. The Balaban J connectivity index is 1.65. The number of nitrogens with zero attached hydrogens (tertiary/aromatic N) is 4. The maximum Gasteiger partial charge on any atom is 0.248 e. The minimum Gasteiger partial charge on any atom is -0.375 e. The number of primary amides is 1. The number of anilines is 2. The molecule has 7 heteroatoms. The number of hydrogen-bond acceptors (Lipinski definition) is 5. The van der Waals surface area contributed by atoms with E-state index < -0.39 is 5.91 Å². The molecule has 3 N–H and O–H groups in total. The maximum atomic E-state index is 11.6. The van der Waals surface area contributed by atoms with Gasteiger partial charge in [0.05, 0.1) is 11.0 Å². The molecule has 2 aromatic carbocycles. The Bertz CT molecular complexity index is 1370. The van der Waals surface area contributed by atoms with Gasteiger partial charge >= 0.3 is 0 Å². The third-order valence-electron chi connectivity index (χ3n) is 9.26. The molecule has 0 saturated carbocycles. The van der Waals surface area contributed by atoms with E-state index in [1.54, 1.807) is 12.1 Å². The fourth-order valence-corrected chi connectivity index (χ4v) is 6.09. The quantitative estimate of drug-likeness (QED) is 0.174. The summed E-state index contributed by atoms with van der Waals surface area (Å²) in [6, 6.07) is 14.0. The predicted octanol–water partition coefficient (Wildman–Crippen LogP) is 7.94. The Morgan fingerprint density at radius 2 is 1.61 bits per heavy atom. The van der Waals surface area contributed by atoms with Gasteiger partial charge in [0.2, 0.25) is 11.9 Å². The molecule has 0 radical (unpaired) electrons. The number of aromatic nitrogens is 2. The first-order valence-corrected chi connectivity index (χ1v) is 16.8. The van der Waals surface area contributed by atoms with E-state index in [-0.39, 0.29) is 5.41 Å². The Kier molecular flexibility index (Phi) is 11.5. The highest BCUT2D eigenvalue weighted by Gasteiger charge is 2.29. The number of nitrogens with two attached hydrogens (primary N) is 1. The van der Waals surface area contributed by atoms with Crippen molar-refractivity contribution in [3.05, 3.63) is 65.9 Å². The second-order valence-corrected chi connectivity index (χ2v) is 14.0. The molecule has 0 aliphatic carbocycles. The number of piperidine rings is 1.